The summed E-state index contributed by atoms with van der Waals surface area (Å²) in [7, 11) is -4.67. The number of esters is 2. The van der Waals surface area contributed by atoms with Crippen molar-refractivity contribution in [3.05, 3.63) is 0 Å². The van der Waals surface area contributed by atoms with Crippen molar-refractivity contribution >= 4 is 28.3 Å². The van der Waals surface area contributed by atoms with Crippen LogP contribution in [0, 0.1) is 0 Å². The average Bonchev–Trinajstić information content (AvgIpc) is 1.89. The first-order valence-electron chi connectivity index (χ1n) is 4.06. The first-order valence-corrected chi connectivity index (χ1v) is 7.38. The van der Waals surface area contributed by atoms with Crippen LogP contribution in [0.5, 0.6) is 0 Å². The minimum absolute atomic E-state index is 0. The molecule has 0 unspecified atom stereocenters. The van der Waals surface area contributed by atoms with Gasteiger partial charge in [0.1, 0.15) is 0 Å². The van der Waals surface area contributed by atoms with E-state index in [0.717, 1.165) is 6.92 Å². The Morgan fingerprint density at radius 3 is 1.05 bits per heavy atom. The molecule has 0 aliphatic rings. The normalized spacial score (nSPS) is 8.82. The predicted molar refractivity (Wildman–Crippen MR) is 52.0 cm³/mol. The number of aliphatic carboxylic acids is 1. The van der Waals surface area contributed by atoms with Crippen molar-refractivity contribution in [3.8, 4) is 0 Å². The van der Waals surface area contributed by atoms with Crippen molar-refractivity contribution in [2.75, 3.05) is 0 Å². The number of carboxylic acids is 1. The second-order valence-electron chi connectivity index (χ2n) is 2.43. The second-order valence-corrected chi connectivity index (χ2v) is 4.51. The number of carbonyl (C=O) groups excluding carboxylic acids is 2. The topological polar surface area (TPSA) is 230 Å². The zero-order valence-corrected chi connectivity index (χ0v) is 16.8. The Bertz CT molecular complexity index is 545. The third kappa shape index (κ3) is 452. The van der Waals surface area contributed by atoms with Crippen molar-refractivity contribution in [2.24, 2.45) is 0 Å². The Hall–Kier alpha value is -0.00416. The van der Waals surface area contributed by atoms with Gasteiger partial charge in [0.05, 0.1) is 0 Å². The average molecular weight is 418 g/mol. The summed E-state index contributed by atoms with van der Waals surface area (Å²) in [5.41, 5.74) is 0. The molecule has 0 aliphatic heterocycles. The Kier molecular flexibility index (Phi) is 26.5. The van der Waals surface area contributed by atoms with E-state index in [-0.39, 0.29) is 51.4 Å². The van der Waals surface area contributed by atoms with Crippen LogP contribution in [0.2, 0.25) is 0 Å². The van der Waals surface area contributed by atoms with Crippen LogP contribution in [0.1, 0.15) is 20.8 Å². The van der Waals surface area contributed by atoms with E-state index < -0.39 is 41.3 Å². The molecule has 0 rings (SSSR count). The summed E-state index contributed by atoms with van der Waals surface area (Å²) in [5.74, 6) is -1.96. The molecule has 3 N–H and O–H groups in total. The van der Waals surface area contributed by atoms with Gasteiger partial charge in [0.2, 0.25) is 0 Å². The van der Waals surface area contributed by atoms with Gasteiger partial charge >= 0.3 is 102 Å². The van der Waals surface area contributed by atoms with Crippen LogP contribution >= 0.6 is 0 Å². The monoisotopic (exact) mass is 418 g/mol. The Labute approximate surface area is 169 Å². The van der Waals surface area contributed by atoms with E-state index in [1.807, 2.05) is 0 Å². The van der Waals surface area contributed by atoms with Gasteiger partial charge in [-0.25, -0.2) is 0 Å². The molecule has 0 radical (unpaired) electrons. The number of rotatable bonds is 0. The fraction of sp³-hybridized carbons (Fsp3) is 0.500. The minimum atomic E-state index is -5.62. The standard InChI is InChI=1S/C4H6O3.C2H4O2.K.Mn.H2O4S.4O/c1-3(5)7-4(2)6;1-2(3)4;;;1-5(2,3)4;;;;/h1-2H3;1H3,(H,3,4);;;(H2,1,2,3,4);;;;/q;;+1;;;;;;-1. The molecule has 22 heavy (non-hydrogen) atoms. The van der Waals surface area contributed by atoms with Gasteiger partial charge < -0.3 is 9.84 Å². The van der Waals surface area contributed by atoms with Gasteiger partial charge in [0.25, 0.3) is 5.97 Å². The Morgan fingerprint density at radius 1 is 0.955 bits per heavy atom. The Morgan fingerprint density at radius 2 is 1.05 bits per heavy atom. The molecular formula is C6H12KMnO13S. The van der Waals surface area contributed by atoms with E-state index in [4.69, 9.17) is 43.1 Å². The van der Waals surface area contributed by atoms with Gasteiger partial charge in [-0.05, 0) is 0 Å². The van der Waals surface area contributed by atoms with Crippen LogP contribution in [0.15, 0.2) is 0 Å². The van der Waals surface area contributed by atoms with Gasteiger partial charge in [0, 0.05) is 20.8 Å². The third-order valence-electron chi connectivity index (χ3n) is 0.287. The molecule has 0 atom stereocenters. The van der Waals surface area contributed by atoms with E-state index >= 15 is 0 Å². The zero-order valence-electron chi connectivity index (χ0n) is 11.7. The molecule has 16 heteroatoms. The van der Waals surface area contributed by atoms with Gasteiger partial charge in [-0.2, -0.15) is 8.42 Å². The number of carbonyl (C=O) groups is 3. The summed E-state index contributed by atoms with van der Waals surface area (Å²) in [6, 6.07) is 0. The summed E-state index contributed by atoms with van der Waals surface area (Å²) >= 11 is -5.62. The van der Waals surface area contributed by atoms with Crippen molar-refractivity contribution < 1.29 is 122 Å². The molecule has 0 saturated carbocycles. The van der Waals surface area contributed by atoms with Crippen molar-refractivity contribution in [1.29, 1.82) is 0 Å². The fourth-order valence-electron chi connectivity index (χ4n) is 0.202. The van der Waals surface area contributed by atoms with Crippen LogP contribution in [0.25, 0.3) is 0 Å². The van der Waals surface area contributed by atoms with Crippen molar-refractivity contribution in [3.63, 3.8) is 0 Å². The molecule has 0 amide bonds. The first-order chi connectivity index (χ1) is 8.86. The zero-order chi connectivity index (χ0) is 18.4. The van der Waals surface area contributed by atoms with E-state index in [1.54, 1.807) is 0 Å². The van der Waals surface area contributed by atoms with Crippen LogP contribution in [0.3, 0.4) is 0 Å². The molecule has 0 heterocycles. The van der Waals surface area contributed by atoms with E-state index in [0.29, 0.717) is 0 Å². The second kappa shape index (κ2) is 17.4. The molecule has 0 aromatic rings. The molecule has 0 aromatic carbocycles. The molecule has 0 bridgehead atoms. The third-order valence-corrected chi connectivity index (χ3v) is 0.287. The van der Waals surface area contributed by atoms with E-state index in [1.165, 1.54) is 13.8 Å². The van der Waals surface area contributed by atoms with Gasteiger partial charge in [0.15, 0.2) is 0 Å². The van der Waals surface area contributed by atoms with Gasteiger partial charge in [-0.15, -0.1) is 0 Å². The molecule has 128 valence electrons. The van der Waals surface area contributed by atoms with Gasteiger partial charge in [-0.1, -0.05) is 0 Å². The van der Waals surface area contributed by atoms with Crippen LogP contribution in [-0.2, 0) is 54.0 Å². The fourth-order valence-corrected chi connectivity index (χ4v) is 0.202. The first kappa shape index (κ1) is 33.6. The van der Waals surface area contributed by atoms with Crippen LogP contribution in [-0.4, -0.2) is 40.5 Å². The summed E-state index contributed by atoms with van der Waals surface area (Å²) in [6.07, 6.45) is 0. The Balaban J connectivity index is -0.0000000588. The molecule has 0 aromatic heterocycles. The van der Waals surface area contributed by atoms with Crippen molar-refractivity contribution in [2.45, 2.75) is 20.8 Å². The summed E-state index contributed by atoms with van der Waals surface area (Å²) in [4.78, 5) is 28.6. The molecule has 0 spiro atoms. The molecular weight excluding hydrogens is 406 g/mol. The van der Waals surface area contributed by atoms with Crippen molar-refractivity contribution in [1.82, 2.24) is 0 Å². The molecule has 0 saturated heterocycles. The number of ether oxygens (including phenoxy) is 1. The van der Waals surface area contributed by atoms with E-state index in [9.17, 15) is 9.59 Å². The maximum atomic E-state index is 9.81. The summed E-state index contributed by atoms with van der Waals surface area (Å²) in [5, 5.41) is 7.42. The molecule has 0 fully saturated rings. The van der Waals surface area contributed by atoms with Crippen LogP contribution in [0.4, 0.5) is 0 Å². The maximum absolute atomic E-state index is 9.81. The quantitative estimate of drug-likeness (QED) is 0.145. The summed E-state index contributed by atoms with van der Waals surface area (Å²) < 4.78 is 69.9. The number of hydrogen-bond acceptors (Lipinski definition) is 10. The summed E-state index contributed by atoms with van der Waals surface area (Å²) in [6.45, 7) is 3.45. The van der Waals surface area contributed by atoms with Crippen LogP contribution < -0.4 is 55.6 Å². The molecule has 13 nitrogen and oxygen atoms in total. The number of hydrogen-bond donors (Lipinski definition) is 3. The van der Waals surface area contributed by atoms with Gasteiger partial charge in [-0.3, -0.25) is 23.5 Å². The van der Waals surface area contributed by atoms with E-state index in [2.05, 4.69) is 4.74 Å². The molecule has 0 aliphatic carbocycles. The number of carboxylic acid groups (broad SMARTS) is 1. The predicted octanol–water partition coefficient (Wildman–Crippen LogP) is -5.01. The SMILES string of the molecule is CC(=O)O.CC(=O)OC(C)=O.O=S(=O)(O)O.[K+].[O]=[Mn](=[O])(=[O])[O-].